The van der Waals surface area contributed by atoms with E-state index in [-0.39, 0.29) is 12.2 Å². The molecule has 1 atom stereocenters. The summed E-state index contributed by atoms with van der Waals surface area (Å²) in [4.78, 5) is 31.4. The topological polar surface area (TPSA) is 108 Å². The van der Waals surface area contributed by atoms with Crippen molar-refractivity contribution in [2.24, 2.45) is 11.7 Å². The molecule has 1 aliphatic carbocycles. The molecule has 0 saturated heterocycles. The first kappa shape index (κ1) is 19.6. The van der Waals surface area contributed by atoms with Gasteiger partial charge in [-0.2, -0.15) is 0 Å². The number of carbonyl (C=O) groups excluding carboxylic acids is 2. The van der Waals surface area contributed by atoms with Crippen LogP contribution in [0, 0.1) is 5.92 Å². The molecular weight excluding hydrogens is 372 g/mol. The van der Waals surface area contributed by atoms with Crippen LogP contribution < -0.4 is 16.3 Å². The van der Waals surface area contributed by atoms with Gasteiger partial charge in [0.15, 0.2) is 6.23 Å². The van der Waals surface area contributed by atoms with Crippen molar-refractivity contribution >= 4 is 29.1 Å². The standard InChI is InChI=1S/C18H23ClN4O4/c19-13-5-7-14(8-6-13)23-15(18(25)21-26)9-17(27-23)22(11-16(20)24)10-12-3-1-2-4-12/h5-9,12,17,26H,1-4,10-11H2,(H2,20,24)(H,21,25). The monoisotopic (exact) mass is 394 g/mol. The molecule has 8 nitrogen and oxygen atoms in total. The van der Waals surface area contributed by atoms with E-state index in [1.807, 2.05) is 4.90 Å². The van der Waals surface area contributed by atoms with E-state index in [2.05, 4.69) is 0 Å². The van der Waals surface area contributed by atoms with Gasteiger partial charge < -0.3 is 5.73 Å². The number of carbonyl (C=O) groups is 2. The van der Waals surface area contributed by atoms with Gasteiger partial charge in [0.05, 0.1) is 12.2 Å². The van der Waals surface area contributed by atoms with Gasteiger partial charge in [0.1, 0.15) is 5.70 Å². The van der Waals surface area contributed by atoms with Crippen LogP contribution >= 0.6 is 11.6 Å². The highest BCUT2D eigenvalue weighted by molar-refractivity contribution is 6.30. The zero-order chi connectivity index (χ0) is 19.4. The van der Waals surface area contributed by atoms with Crippen molar-refractivity contribution in [3.63, 3.8) is 0 Å². The Morgan fingerprint density at radius 2 is 1.96 bits per heavy atom. The minimum atomic E-state index is -0.715. The summed E-state index contributed by atoms with van der Waals surface area (Å²) in [6, 6.07) is 6.72. The van der Waals surface area contributed by atoms with Crippen LogP contribution in [0.4, 0.5) is 5.69 Å². The van der Waals surface area contributed by atoms with Crippen LogP contribution in [0.25, 0.3) is 0 Å². The highest BCUT2D eigenvalue weighted by atomic mass is 35.5. The molecule has 1 heterocycles. The number of nitrogens with zero attached hydrogens (tertiary/aromatic N) is 2. The van der Waals surface area contributed by atoms with Crippen molar-refractivity contribution in [2.75, 3.05) is 18.2 Å². The Bertz CT molecular complexity index is 719. The first-order valence-electron chi connectivity index (χ1n) is 8.89. The second kappa shape index (κ2) is 8.71. The first-order chi connectivity index (χ1) is 13.0. The molecule has 9 heteroatoms. The molecule has 1 saturated carbocycles. The predicted molar refractivity (Wildman–Crippen MR) is 99.5 cm³/mol. The summed E-state index contributed by atoms with van der Waals surface area (Å²) in [7, 11) is 0. The van der Waals surface area contributed by atoms with E-state index in [4.69, 9.17) is 27.4 Å². The highest BCUT2D eigenvalue weighted by Gasteiger charge is 2.35. The van der Waals surface area contributed by atoms with Gasteiger partial charge in [-0.1, -0.05) is 24.4 Å². The Morgan fingerprint density at radius 1 is 1.30 bits per heavy atom. The van der Waals surface area contributed by atoms with E-state index in [1.54, 1.807) is 35.8 Å². The molecule has 0 aromatic heterocycles. The zero-order valence-electron chi connectivity index (χ0n) is 14.8. The Hall–Kier alpha value is -2.13. The average Bonchev–Trinajstić information content (AvgIpc) is 3.30. The highest BCUT2D eigenvalue weighted by Crippen LogP contribution is 2.31. The molecule has 27 heavy (non-hydrogen) atoms. The molecular formula is C18H23ClN4O4. The lowest BCUT2D eigenvalue weighted by molar-refractivity contribution is -0.126. The molecule has 2 aliphatic rings. The fourth-order valence-corrected chi connectivity index (χ4v) is 3.68. The number of primary amides is 1. The van der Waals surface area contributed by atoms with Gasteiger partial charge in [-0.05, 0) is 49.1 Å². The van der Waals surface area contributed by atoms with E-state index in [9.17, 15) is 9.59 Å². The zero-order valence-corrected chi connectivity index (χ0v) is 15.6. The number of benzene rings is 1. The number of halogens is 1. The van der Waals surface area contributed by atoms with E-state index < -0.39 is 18.0 Å². The Labute approximate surface area is 162 Å². The van der Waals surface area contributed by atoms with Crippen molar-refractivity contribution in [2.45, 2.75) is 31.9 Å². The lowest BCUT2D eigenvalue weighted by Crippen LogP contribution is -2.44. The molecule has 0 bridgehead atoms. The number of hydrogen-bond acceptors (Lipinski definition) is 6. The summed E-state index contributed by atoms with van der Waals surface area (Å²) in [5, 5.41) is 10.9. The summed E-state index contributed by atoms with van der Waals surface area (Å²) in [5.74, 6) is -0.725. The predicted octanol–water partition coefficient (Wildman–Crippen LogP) is 1.78. The summed E-state index contributed by atoms with van der Waals surface area (Å²) < 4.78 is 0. The largest absolute Gasteiger partial charge is 0.369 e. The van der Waals surface area contributed by atoms with Gasteiger partial charge in [-0.15, -0.1) is 0 Å². The third-order valence-corrected chi connectivity index (χ3v) is 5.07. The van der Waals surface area contributed by atoms with Crippen LogP contribution in [0.1, 0.15) is 25.7 Å². The Morgan fingerprint density at radius 3 is 2.56 bits per heavy atom. The maximum Gasteiger partial charge on any atom is 0.293 e. The van der Waals surface area contributed by atoms with Gasteiger partial charge in [0.25, 0.3) is 5.91 Å². The van der Waals surface area contributed by atoms with Crippen molar-refractivity contribution in [1.82, 2.24) is 10.4 Å². The second-order valence-corrected chi connectivity index (χ2v) is 7.24. The summed E-state index contributed by atoms with van der Waals surface area (Å²) >= 11 is 5.92. The maximum absolute atomic E-state index is 12.1. The molecule has 1 aromatic carbocycles. The number of amides is 2. The van der Waals surface area contributed by atoms with E-state index >= 15 is 0 Å². The summed E-state index contributed by atoms with van der Waals surface area (Å²) in [6.45, 7) is 0.659. The molecule has 1 aliphatic heterocycles. The Kier molecular flexibility index (Phi) is 6.33. The van der Waals surface area contributed by atoms with Gasteiger partial charge >= 0.3 is 0 Å². The molecule has 3 rings (SSSR count). The number of hydrogen-bond donors (Lipinski definition) is 3. The average molecular weight is 395 g/mol. The maximum atomic E-state index is 12.1. The van der Waals surface area contributed by atoms with Crippen LogP contribution in [0.5, 0.6) is 0 Å². The lowest BCUT2D eigenvalue weighted by Gasteiger charge is -2.30. The molecule has 0 radical (unpaired) electrons. The SMILES string of the molecule is NC(=O)CN(CC1CCCC1)C1C=C(C(=O)NO)N(c2ccc(Cl)cc2)O1. The fourth-order valence-electron chi connectivity index (χ4n) is 3.55. The third kappa shape index (κ3) is 4.78. The van der Waals surface area contributed by atoms with Crippen LogP contribution in [0.3, 0.4) is 0 Å². The van der Waals surface area contributed by atoms with Gasteiger partial charge in [-0.25, -0.2) is 15.4 Å². The molecule has 0 spiro atoms. The minimum absolute atomic E-state index is 0.0140. The smallest absolute Gasteiger partial charge is 0.293 e. The van der Waals surface area contributed by atoms with Crippen LogP contribution in [0.2, 0.25) is 5.02 Å². The minimum Gasteiger partial charge on any atom is -0.369 e. The number of nitrogens with one attached hydrogen (secondary N) is 1. The first-order valence-corrected chi connectivity index (χ1v) is 9.27. The number of hydroxylamine groups is 2. The number of rotatable bonds is 7. The van der Waals surface area contributed by atoms with Crippen molar-refractivity contribution in [3.05, 3.63) is 41.1 Å². The molecule has 1 unspecified atom stereocenters. The quantitative estimate of drug-likeness (QED) is 0.480. The van der Waals surface area contributed by atoms with Crippen molar-refractivity contribution < 1.29 is 19.6 Å². The molecule has 1 aromatic rings. The number of nitrogens with two attached hydrogens (primary N) is 1. The molecule has 146 valence electrons. The fraction of sp³-hybridized carbons (Fsp3) is 0.444. The third-order valence-electron chi connectivity index (χ3n) is 4.81. The summed E-state index contributed by atoms with van der Waals surface area (Å²) in [5.41, 5.74) is 7.72. The van der Waals surface area contributed by atoms with E-state index in [0.29, 0.717) is 23.2 Å². The Balaban J connectivity index is 1.84. The normalized spacial score (nSPS) is 20.2. The lowest BCUT2D eigenvalue weighted by atomic mass is 10.1. The van der Waals surface area contributed by atoms with Gasteiger partial charge in [-0.3, -0.25) is 19.7 Å². The summed E-state index contributed by atoms with van der Waals surface area (Å²) in [6.07, 6.45) is 5.45. The molecule has 4 N–H and O–H groups in total. The van der Waals surface area contributed by atoms with Gasteiger partial charge in [0, 0.05) is 11.6 Å². The molecule has 2 amide bonds. The molecule has 1 fully saturated rings. The number of anilines is 1. The van der Waals surface area contributed by atoms with Crippen LogP contribution in [-0.4, -0.2) is 41.2 Å². The van der Waals surface area contributed by atoms with E-state index in [0.717, 1.165) is 12.8 Å². The van der Waals surface area contributed by atoms with E-state index in [1.165, 1.54) is 17.9 Å². The van der Waals surface area contributed by atoms with Crippen LogP contribution in [0.15, 0.2) is 36.0 Å². The second-order valence-electron chi connectivity index (χ2n) is 6.81. The van der Waals surface area contributed by atoms with Gasteiger partial charge in [0.2, 0.25) is 5.91 Å². The van der Waals surface area contributed by atoms with Crippen molar-refractivity contribution in [3.8, 4) is 0 Å². The van der Waals surface area contributed by atoms with Crippen LogP contribution in [-0.2, 0) is 14.4 Å². The van der Waals surface area contributed by atoms with Crippen molar-refractivity contribution in [1.29, 1.82) is 0 Å².